The van der Waals surface area contributed by atoms with E-state index in [0.29, 0.717) is 0 Å². The van der Waals surface area contributed by atoms with Gasteiger partial charge in [-0.1, -0.05) is 30.3 Å². The van der Waals surface area contributed by atoms with Gasteiger partial charge in [-0.05, 0) is 19.4 Å². The van der Waals surface area contributed by atoms with Crippen molar-refractivity contribution in [2.45, 2.75) is 26.1 Å². The summed E-state index contributed by atoms with van der Waals surface area (Å²) >= 11 is 0. The highest BCUT2D eigenvalue weighted by molar-refractivity contribution is 5.79. The SMILES string of the molecule is CC(OC(C)c1ccccc1)C(=O)NN. The molecule has 0 saturated heterocycles. The molecule has 0 aromatic heterocycles. The Balaban J connectivity index is 2.56. The molecule has 0 aliphatic heterocycles. The molecular weight excluding hydrogens is 192 g/mol. The number of amides is 1. The van der Waals surface area contributed by atoms with Gasteiger partial charge in [-0.2, -0.15) is 0 Å². The molecule has 1 rings (SSSR count). The summed E-state index contributed by atoms with van der Waals surface area (Å²) in [5.74, 6) is 4.69. The second-order valence-electron chi connectivity index (χ2n) is 3.34. The number of ether oxygens (including phenoxy) is 1. The van der Waals surface area contributed by atoms with Crippen LogP contribution in [-0.4, -0.2) is 12.0 Å². The topological polar surface area (TPSA) is 64.3 Å². The van der Waals surface area contributed by atoms with Gasteiger partial charge in [0, 0.05) is 0 Å². The first-order valence-electron chi connectivity index (χ1n) is 4.86. The summed E-state index contributed by atoms with van der Waals surface area (Å²) in [6, 6.07) is 9.72. The Hall–Kier alpha value is -1.39. The Morgan fingerprint density at radius 2 is 1.93 bits per heavy atom. The summed E-state index contributed by atoms with van der Waals surface area (Å²) in [5.41, 5.74) is 3.09. The lowest BCUT2D eigenvalue weighted by Gasteiger charge is -2.18. The third-order valence-corrected chi connectivity index (χ3v) is 2.19. The fourth-order valence-electron chi connectivity index (χ4n) is 1.29. The van der Waals surface area contributed by atoms with E-state index in [1.54, 1.807) is 6.92 Å². The van der Waals surface area contributed by atoms with Crippen LogP contribution in [0.1, 0.15) is 25.5 Å². The van der Waals surface area contributed by atoms with Gasteiger partial charge in [-0.15, -0.1) is 0 Å². The summed E-state index contributed by atoms with van der Waals surface area (Å²) in [7, 11) is 0. The number of rotatable bonds is 4. The predicted octanol–water partition coefficient (Wildman–Crippen LogP) is 1.14. The van der Waals surface area contributed by atoms with Crippen LogP contribution in [0.2, 0.25) is 0 Å². The second-order valence-corrected chi connectivity index (χ2v) is 3.34. The summed E-state index contributed by atoms with van der Waals surface area (Å²) < 4.78 is 5.50. The van der Waals surface area contributed by atoms with Gasteiger partial charge in [0.2, 0.25) is 0 Å². The molecule has 0 aliphatic rings. The number of benzene rings is 1. The third-order valence-electron chi connectivity index (χ3n) is 2.19. The highest BCUT2D eigenvalue weighted by Gasteiger charge is 2.16. The van der Waals surface area contributed by atoms with Gasteiger partial charge in [-0.25, -0.2) is 5.84 Å². The van der Waals surface area contributed by atoms with E-state index in [2.05, 4.69) is 5.43 Å². The lowest BCUT2D eigenvalue weighted by molar-refractivity contribution is -0.135. The van der Waals surface area contributed by atoms with Gasteiger partial charge in [-0.3, -0.25) is 10.2 Å². The van der Waals surface area contributed by atoms with Crippen molar-refractivity contribution < 1.29 is 9.53 Å². The Bertz CT molecular complexity index is 314. The molecular formula is C11H16N2O2. The van der Waals surface area contributed by atoms with Crippen LogP contribution in [0.3, 0.4) is 0 Å². The van der Waals surface area contributed by atoms with Crippen LogP contribution in [0, 0.1) is 0 Å². The summed E-state index contributed by atoms with van der Waals surface area (Å²) in [4.78, 5) is 11.1. The number of carbonyl (C=O) groups excluding carboxylic acids is 1. The van der Waals surface area contributed by atoms with Crippen molar-refractivity contribution in [3.05, 3.63) is 35.9 Å². The maximum atomic E-state index is 11.1. The zero-order chi connectivity index (χ0) is 11.3. The van der Waals surface area contributed by atoms with Crippen LogP contribution in [-0.2, 0) is 9.53 Å². The van der Waals surface area contributed by atoms with Crippen LogP contribution in [0.4, 0.5) is 0 Å². The number of nitrogens with two attached hydrogens (primary N) is 1. The summed E-state index contributed by atoms with van der Waals surface area (Å²) in [5, 5.41) is 0. The predicted molar refractivity (Wildman–Crippen MR) is 57.7 cm³/mol. The van der Waals surface area contributed by atoms with Crippen molar-refractivity contribution in [3.63, 3.8) is 0 Å². The number of nitrogens with one attached hydrogen (secondary N) is 1. The van der Waals surface area contributed by atoms with Crippen LogP contribution >= 0.6 is 0 Å². The largest absolute Gasteiger partial charge is 0.361 e. The smallest absolute Gasteiger partial charge is 0.262 e. The fraction of sp³-hybridized carbons (Fsp3) is 0.364. The molecule has 2 atom stereocenters. The summed E-state index contributed by atoms with van der Waals surface area (Å²) in [6.07, 6.45) is -0.677. The Morgan fingerprint density at radius 1 is 1.33 bits per heavy atom. The van der Waals surface area contributed by atoms with Crippen molar-refractivity contribution in [2.24, 2.45) is 5.84 Å². The number of hydrogen-bond donors (Lipinski definition) is 2. The van der Waals surface area contributed by atoms with Gasteiger partial charge < -0.3 is 4.74 Å². The maximum Gasteiger partial charge on any atom is 0.262 e. The van der Waals surface area contributed by atoms with E-state index in [0.717, 1.165) is 5.56 Å². The van der Waals surface area contributed by atoms with E-state index in [9.17, 15) is 4.79 Å². The van der Waals surface area contributed by atoms with E-state index >= 15 is 0 Å². The normalized spacial score (nSPS) is 14.3. The van der Waals surface area contributed by atoms with Crippen molar-refractivity contribution in [1.82, 2.24) is 5.43 Å². The lowest BCUT2D eigenvalue weighted by atomic mass is 10.1. The molecule has 0 bridgehead atoms. The second kappa shape index (κ2) is 5.48. The molecule has 3 N–H and O–H groups in total. The molecule has 1 aromatic carbocycles. The van der Waals surface area contributed by atoms with E-state index in [1.807, 2.05) is 37.3 Å². The molecule has 1 aromatic rings. The highest BCUT2D eigenvalue weighted by atomic mass is 16.5. The zero-order valence-electron chi connectivity index (χ0n) is 8.94. The first-order valence-corrected chi connectivity index (χ1v) is 4.86. The van der Waals surface area contributed by atoms with E-state index in [1.165, 1.54) is 0 Å². The minimum Gasteiger partial charge on any atom is -0.361 e. The van der Waals surface area contributed by atoms with Crippen molar-refractivity contribution in [2.75, 3.05) is 0 Å². The van der Waals surface area contributed by atoms with Crippen molar-refractivity contribution in [3.8, 4) is 0 Å². The molecule has 1 amide bonds. The molecule has 0 fully saturated rings. The monoisotopic (exact) mass is 208 g/mol. The average molecular weight is 208 g/mol. The maximum absolute atomic E-state index is 11.1. The molecule has 4 nitrogen and oxygen atoms in total. The standard InChI is InChI=1S/C11H16N2O2/c1-8(10-6-4-3-5-7-10)15-9(2)11(14)13-12/h3-9H,12H2,1-2H3,(H,13,14). The molecule has 82 valence electrons. The third kappa shape index (κ3) is 3.34. The van der Waals surface area contributed by atoms with Crippen molar-refractivity contribution in [1.29, 1.82) is 0 Å². The number of hydrazine groups is 1. The Kier molecular flexibility index (Phi) is 4.27. The first-order chi connectivity index (χ1) is 7.15. The minimum atomic E-state index is -0.551. The van der Waals surface area contributed by atoms with Gasteiger partial charge in [0.1, 0.15) is 6.10 Å². The van der Waals surface area contributed by atoms with Crippen LogP contribution in [0.25, 0.3) is 0 Å². The quantitative estimate of drug-likeness (QED) is 0.443. The van der Waals surface area contributed by atoms with Gasteiger partial charge in [0.15, 0.2) is 0 Å². The molecule has 0 saturated carbocycles. The molecule has 0 aliphatic carbocycles. The molecule has 4 heteroatoms. The van der Waals surface area contributed by atoms with E-state index < -0.39 is 6.10 Å². The van der Waals surface area contributed by atoms with Gasteiger partial charge >= 0.3 is 0 Å². The first kappa shape index (κ1) is 11.7. The zero-order valence-corrected chi connectivity index (χ0v) is 8.94. The molecule has 0 spiro atoms. The highest BCUT2D eigenvalue weighted by Crippen LogP contribution is 2.17. The van der Waals surface area contributed by atoms with Crippen LogP contribution < -0.4 is 11.3 Å². The number of hydrogen-bond acceptors (Lipinski definition) is 3. The summed E-state index contributed by atoms with van der Waals surface area (Å²) in [6.45, 7) is 3.57. The number of carbonyl (C=O) groups is 1. The minimum absolute atomic E-state index is 0.126. The Morgan fingerprint density at radius 3 is 2.47 bits per heavy atom. The van der Waals surface area contributed by atoms with E-state index in [-0.39, 0.29) is 12.0 Å². The van der Waals surface area contributed by atoms with Crippen molar-refractivity contribution >= 4 is 5.91 Å². The van der Waals surface area contributed by atoms with Crippen LogP contribution in [0.15, 0.2) is 30.3 Å². The molecule has 0 radical (unpaired) electrons. The molecule has 2 unspecified atom stereocenters. The molecule has 0 heterocycles. The fourth-order valence-corrected chi connectivity index (χ4v) is 1.29. The molecule has 15 heavy (non-hydrogen) atoms. The van der Waals surface area contributed by atoms with Crippen LogP contribution in [0.5, 0.6) is 0 Å². The van der Waals surface area contributed by atoms with E-state index in [4.69, 9.17) is 10.6 Å². The average Bonchev–Trinajstić information content (AvgIpc) is 2.29. The van der Waals surface area contributed by atoms with Gasteiger partial charge in [0.05, 0.1) is 6.10 Å². The lowest BCUT2D eigenvalue weighted by Crippen LogP contribution is -2.39. The van der Waals surface area contributed by atoms with Gasteiger partial charge in [0.25, 0.3) is 5.91 Å². The Labute approximate surface area is 89.4 Å².